The zero-order valence-electron chi connectivity index (χ0n) is 18.4. The summed E-state index contributed by atoms with van der Waals surface area (Å²) in [4.78, 5) is 29.1. The highest BCUT2D eigenvalue weighted by Crippen LogP contribution is 2.20. The van der Waals surface area contributed by atoms with E-state index in [9.17, 15) is 9.59 Å². The van der Waals surface area contributed by atoms with Crippen molar-refractivity contribution in [2.75, 3.05) is 13.7 Å². The standard InChI is InChI=1S/C27H25N3O3/c1-33-24-13-11-23(12-14-24)25-18-27(32)30(19-29-25)16-15-28-26(31)17-20-7-9-22(10-8-20)21-5-3-2-4-6-21/h2-14,18-19H,15-17H2,1H3,(H,28,31). The van der Waals surface area contributed by atoms with Crippen LogP contribution in [0.5, 0.6) is 5.75 Å². The predicted molar refractivity (Wildman–Crippen MR) is 129 cm³/mol. The number of ether oxygens (including phenoxy) is 1. The van der Waals surface area contributed by atoms with Gasteiger partial charge in [-0.05, 0) is 41.0 Å². The van der Waals surface area contributed by atoms with Crippen LogP contribution < -0.4 is 15.6 Å². The molecule has 0 unspecified atom stereocenters. The van der Waals surface area contributed by atoms with E-state index in [1.54, 1.807) is 7.11 Å². The van der Waals surface area contributed by atoms with Gasteiger partial charge in [-0.2, -0.15) is 0 Å². The van der Waals surface area contributed by atoms with Crippen LogP contribution in [0.2, 0.25) is 0 Å². The summed E-state index contributed by atoms with van der Waals surface area (Å²) in [6.45, 7) is 0.706. The molecular formula is C27H25N3O3. The van der Waals surface area contributed by atoms with E-state index in [0.29, 0.717) is 25.2 Å². The monoisotopic (exact) mass is 439 g/mol. The molecule has 1 heterocycles. The van der Waals surface area contributed by atoms with Crippen molar-refractivity contribution in [2.45, 2.75) is 13.0 Å². The molecule has 3 aromatic carbocycles. The largest absolute Gasteiger partial charge is 0.497 e. The molecule has 6 heteroatoms. The van der Waals surface area contributed by atoms with Gasteiger partial charge in [-0.15, -0.1) is 0 Å². The van der Waals surface area contributed by atoms with Gasteiger partial charge in [0.15, 0.2) is 0 Å². The van der Waals surface area contributed by atoms with Gasteiger partial charge in [0.2, 0.25) is 5.91 Å². The summed E-state index contributed by atoms with van der Waals surface area (Å²) >= 11 is 0. The maximum atomic E-state index is 12.4. The lowest BCUT2D eigenvalue weighted by Crippen LogP contribution is -2.31. The van der Waals surface area contributed by atoms with Crippen LogP contribution in [0.1, 0.15) is 5.56 Å². The van der Waals surface area contributed by atoms with E-state index in [4.69, 9.17) is 4.74 Å². The summed E-state index contributed by atoms with van der Waals surface area (Å²) in [6, 6.07) is 27.0. The molecule has 6 nitrogen and oxygen atoms in total. The minimum absolute atomic E-state index is 0.0849. The van der Waals surface area contributed by atoms with Crippen LogP contribution in [0.25, 0.3) is 22.4 Å². The second-order valence-electron chi connectivity index (χ2n) is 7.62. The van der Waals surface area contributed by atoms with E-state index in [2.05, 4.69) is 22.4 Å². The smallest absolute Gasteiger partial charge is 0.253 e. The summed E-state index contributed by atoms with van der Waals surface area (Å²) < 4.78 is 6.64. The predicted octanol–water partition coefficient (Wildman–Crippen LogP) is 3.94. The minimum Gasteiger partial charge on any atom is -0.497 e. The summed E-state index contributed by atoms with van der Waals surface area (Å²) in [6.07, 6.45) is 1.80. The molecule has 0 fully saturated rings. The maximum Gasteiger partial charge on any atom is 0.253 e. The molecule has 4 rings (SSSR count). The molecule has 1 aromatic heterocycles. The second-order valence-corrected chi connectivity index (χ2v) is 7.62. The van der Waals surface area contributed by atoms with Crippen molar-refractivity contribution >= 4 is 5.91 Å². The average molecular weight is 440 g/mol. The van der Waals surface area contributed by atoms with Gasteiger partial charge in [-0.25, -0.2) is 4.98 Å². The van der Waals surface area contributed by atoms with Gasteiger partial charge in [0.1, 0.15) is 5.75 Å². The highest BCUT2D eigenvalue weighted by atomic mass is 16.5. The first kappa shape index (κ1) is 22.0. The Morgan fingerprint density at radius 3 is 2.24 bits per heavy atom. The molecule has 0 saturated carbocycles. The Bertz CT molecular complexity index is 1260. The van der Waals surface area contributed by atoms with Gasteiger partial charge in [-0.1, -0.05) is 54.6 Å². The van der Waals surface area contributed by atoms with Gasteiger partial charge in [0, 0.05) is 24.7 Å². The molecule has 1 N–H and O–H groups in total. The molecule has 4 aromatic rings. The van der Waals surface area contributed by atoms with Crippen molar-refractivity contribution in [2.24, 2.45) is 0 Å². The fourth-order valence-electron chi connectivity index (χ4n) is 3.52. The number of hydrogen-bond acceptors (Lipinski definition) is 4. The number of amides is 1. The molecule has 0 radical (unpaired) electrons. The molecule has 0 spiro atoms. The lowest BCUT2D eigenvalue weighted by atomic mass is 10.0. The first-order valence-corrected chi connectivity index (χ1v) is 10.7. The average Bonchev–Trinajstić information content (AvgIpc) is 2.86. The van der Waals surface area contributed by atoms with E-state index in [1.807, 2.05) is 66.7 Å². The molecule has 166 valence electrons. The van der Waals surface area contributed by atoms with Crippen molar-refractivity contribution < 1.29 is 9.53 Å². The number of nitrogens with zero attached hydrogens (tertiary/aromatic N) is 2. The van der Waals surface area contributed by atoms with Crippen molar-refractivity contribution in [3.8, 4) is 28.1 Å². The van der Waals surface area contributed by atoms with E-state index in [-0.39, 0.29) is 11.5 Å². The van der Waals surface area contributed by atoms with Crippen LogP contribution in [-0.2, 0) is 17.8 Å². The number of carbonyl (C=O) groups is 1. The Balaban J connectivity index is 1.29. The molecule has 0 saturated heterocycles. The first-order valence-electron chi connectivity index (χ1n) is 10.7. The Hall–Kier alpha value is -4.19. The summed E-state index contributed by atoms with van der Waals surface area (Å²) in [5.41, 5.74) is 4.47. The SMILES string of the molecule is COc1ccc(-c2cc(=O)n(CCNC(=O)Cc3ccc(-c4ccccc4)cc3)cn2)cc1. The zero-order chi connectivity index (χ0) is 23.0. The van der Waals surface area contributed by atoms with Crippen molar-refractivity contribution in [1.29, 1.82) is 0 Å². The molecule has 1 amide bonds. The number of rotatable bonds is 8. The minimum atomic E-state index is -0.165. The number of aromatic nitrogens is 2. The maximum absolute atomic E-state index is 12.4. The third-order valence-corrected chi connectivity index (χ3v) is 5.37. The lowest BCUT2D eigenvalue weighted by molar-refractivity contribution is -0.120. The van der Waals surface area contributed by atoms with Crippen molar-refractivity contribution in [1.82, 2.24) is 14.9 Å². The van der Waals surface area contributed by atoms with E-state index in [0.717, 1.165) is 28.0 Å². The van der Waals surface area contributed by atoms with Crippen LogP contribution in [-0.4, -0.2) is 29.1 Å². The summed E-state index contributed by atoms with van der Waals surface area (Å²) in [5.74, 6) is 0.660. The third kappa shape index (κ3) is 5.74. The normalized spacial score (nSPS) is 10.6. The fraction of sp³-hybridized carbons (Fsp3) is 0.148. The Morgan fingerprint density at radius 1 is 0.909 bits per heavy atom. The molecule has 0 aliphatic heterocycles. The quantitative estimate of drug-likeness (QED) is 0.451. The van der Waals surface area contributed by atoms with Crippen LogP contribution in [0, 0.1) is 0 Å². The summed E-state index contributed by atoms with van der Waals surface area (Å²) in [7, 11) is 1.61. The van der Waals surface area contributed by atoms with Gasteiger partial charge in [0.05, 0.1) is 25.6 Å². The van der Waals surface area contributed by atoms with Gasteiger partial charge in [-0.3, -0.25) is 14.2 Å². The second kappa shape index (κ2) is 10.4. The van der Waals surface area contributed by atoms with Crippen molar-refractivity contribution in [3.05, 3.63) is 107 Å². The van der Waals surface area contributed by atoms with E-state index >= 15 is 0 Å². The molecule has 0 aliphatic carbocycles. The zero-order valence-corrected chi connectivity index (χ0v) is 18.4. The number of hydrogen-bond donors (Lipinski definition) is 1. The number of nitrogens with one attached hydrogen (secondary N) is 1. The summed E-state index contributed by atoms with van der Waals surface area (Å²) in [5, 5.41) is 2.87. The van der Waals surface area contributed by atoms with E-state index < -0.39 is 0 Å². The highest BCUT2D eigenvalue weighted by molar-refractivity contribution is 5.78. The Morgan fingerprint density at radius 2 is 1.58 bits per heavy atom. The third-order valence-electron chi connectivity index (χ3n) is 5.37. The first-order chi connectivity index (χ1) is 16.1. The van der Waals surface area contributed by atoms with Crippen molar-refractivity contribution in [3.63, 3.8) is 0 Å². The van der Waals surface area contributed by atoms with Gasteiger partial charge in [0.25, 0.3) is 5.56 Å². The van der Waals surface area contributed by atoms with Gasteiger partial charge >= 0.3 is 0 Å². The number of carbonyl (C=O) groups excluding carboxylic acids is 1. The Labute approximate surface area is 192 Å². The highest BCUT2D eigenvalue weighted by Gasteiger charge is 2.06. The topological polar surface area (TPSA) is 73.2 Å². The molecule has 0 atom stereocenters. The molecular weight excluding hydrogens is 414 g/mol. The fourth-order valence-corrected chi connectivity index (χ4v) is 3.52. The number of benzene rings is 3. The Kier molecular flexibility index (Phi) is 6.95. The molecule has 0 bridgehead atoms. The molecule has 0 aliphatic rings. The van der Waals surface area contributed by atoms with Crippen LogP contribution in [0.15, 0.2) is 96.1 Å². The van der Waals surface area contributed by atoms with E-state index in [1.165, 1.54) is 17.0 Å². The van der Waals surface area contributed by atoms with Crippen LogP contribution >= 0.6 is 0 Å². The van der Waals surface area contributed by atoms with Crippen LogP contribution in [0.3, 0.4) is 0 Å². The van der Waals surface area contributed by atoms with Gasteiger partial charge < -0.3 is 10.1 Å². The number of methoxy groups -OCH3 is 1. The lowest BCUT2D eigenvalue weighted by Gasteiger charge is -2.09. The molecule has 33 heavy (non-hydrogen) atoms. The van der Waals surface area contributed by atoms with Crippen LogP contribution in [0.4, 0.5) is 0 Å².